The van der Waals surface area contributed by atoms with E-state index in [1.54, 1.807) is 12.1 Å². The number of benzene rings is 1. The molecule has 1 N–H and O–H groups in total. The zero-order valence-corrected chi connectivity index (χ0v) is 11.5. The van der Waals surface area contributed by atoms with Gasteiger partial charge in [0.2, 0.25) is 0 Å². The van der Waals surface area contributed by atoms with Crippen LogP contribution in [0, 0.1) is 0 Å². The van der Waals surface area contributed by atoms with E-state index in [0.29, 0.717) is 0 Å². The molecule has 0 spiro atoms. The quantitative estimate of drug-likeness (QED) is 0.930. The topological polar surface area (TPSA) is 64.3 Å². The first kappa shape index (κ1) is 13.1. The van der Waals surface area contributed by atoms with E-state index in [1.165, 1.54) is 0 Å². The Kier molecular flexibility index (Phi) is 3.44. The van der Waals surface area contributed by atoms with Crippen LogP contribution < -0.4 is 0 Å². The summed E-state index contributed by atoms with van der Waals surface area (Å²) < 4.78 is 7.86. The molecule has 0 aliphatic carbocycles. The van der Waals surface area contributed by atoms with E-state index in [-0.39, 0.29) is 11.7 Å². The largest absolute Gasteiger partial charge is 0.478 e. The molecule has 1 aliphatic rings. The lowest BCUT2D eigenvalue weighted by Gasteiger charge is -2.13. The summed E-state index contributed by atoms with van der Waals surface area (Å²) in [5.74, 6) is 0.0664. The molecule has 0 radical (unpaired) electrons. The van der Waals surface area contributed by atoms with E-state index in [4.69, 9.17) is 9.84 Å². The Labute approximate surface area is 117 Å². The highest BCUT2D eigenvalue weighted by molar-refractivity contribution is 5.92. The number of carbonyl (C=O) groups is 1. The van der Waals surface area contributed by atoms with Crippen molar-refractivity contribution in [3.05, 3.63) is 29.6 Å². The molecule has 1 unspecified atom stereocenters. The molecule has 1 aromatic heterocycles. The van der Waals surface area contributed by atoms with Gasteiger partial charge in [-0.1, -0.05) is 6.92 Å². The fourth-order valence-corrected chi connectivity index (χ4v) is 2.78. The van der Waals surface area contributed by atoms with E-state index in [0.717, 1.165) is 49.3 Å². The Bertz CT molecular complexity index is 642. The van der Waals surface area contributed by atoms with Crippen LogP contribution >= 0.6 is 0 Å². The maximum atomic E-state index is 11.0. The molecule has 1 aliphatic heterocycles. The van der Waals surface area contributed by atoms with Crippen molar-refractivity contribution in [1.29, 1.82) is 0 Å². The highest BCUT2D eigenvalue weighted by atomic mass is 16.5. The van der Waals surface area contributed by atoms with Gasteiger partial charge in [0, 0.05) is 13.0 Å². The highest BCUT2D eigenvalue weighted by Crippen LogP contribution is 2.22. The van der Waals surface area contributed by atoms with Crippen LogP contribution in [0.15, 0.2) is 18.2 Å². The Morgan fingerprint density at radius 3 is 3.05 bits per heavy atom. The second-order valence-corrected chi connectivity index (χ2v) is 5.14. The predicted molar refractivity (Wildman–Crippen MR) is 75.0 cm³/mol. The van der Waals surface area contributed by atoms with Crippen LogP contribution in [0.1, 0.15) is 35.9 Å². The molecule has 1 aromatic carbocycles. The molecule has 20 heavy (non-hydrogen) atoms. The molecule has 0 amide bonds. The summed E-state index contributed by atoms with van der Waals surface area (Å²) >= 11 is 0. The molecule has 3 rings (SSSR count). The van der Waals surface area contributed by atoms with Crippen molar-refractivity contribution in [3.8, 4) is 0 Å². The number of rotatable bonds is 4. The number of imidazole rings is 1. The summed E-state index contributed by atoms with van der Waals surface area (Å²) in [4.78, 5) is 15.6. The van der Waals surface area contributed by atoms with Crippen LogP contribution in [0.4, 0.5) is 0 Å². The van der Waals surface area contributed by atoms with Gasteiger partial charge >= 0.3 is 5.97 Å². The van der Waals surface area contributed by atoms with E-state index < -0.39 is 5.97 Å². The Hall–Kier alpha value is -1.88. The molecule has 1 fully saturated rings. The van der Waals surface area contributed by atoms with Crippen LogP contribution in [-0.4, -0.2) is 33.3 Å². The third-order valence-electron chi connectivity index (χ3n) is 3.80. The first-order valence-corrected chi connectivity index (χ1v) is 7.03. The number of hydrogen-bond acceptors (Lipinski definition) is 3. The minimum absolute atomic E-state index is 0.247. The minimum atomic E-state index is -0.918. The average molecular weight is 274 g/mol. The third-order valence-corrected chi connectivity index (χ3v) is 3.80. The van der Waals surface area contributed by atoms with Crippen molar-refractivity contribution >= 4 is 17.0 Å². The molecule has 1 saturated heterocycles. The number of carboxylic acids is 1. The van der Waals surface area contributed by atoms with Gasteiger partial charge in [-0.15, -0.1) is 0 Å². The van der Waals surface area contributed by atoms with Gasteiger partial charge in [-0.2, -0.15) is 0 Å². The summed E-state index contributed by atoms with van der Waals surface area (Å²) in [5, 5.41) is 9.05. The van der Waals surface area contributed by atoms with Crippen molar-refractivity contribution in [3.63, 3.8) is 0 Å². The Morgan fingerprint density at radius 2 is 2.40 bits per heavy atom. The standard InChI is InChI=1S/C15H18N2O3/c1-2-14-16-12-8-10(15(18)19)5-6-13(12)17(14)9-11-4-3-7-20-11/h5-6,8,11H,2-4,7,9H2,1H3,(H,18,19). The van der Waals surface area contributed by atoms with E-state index >= 15 is 0 Å². The third kappa shape index (κ3) is 2.29. The first-order chi connectivity index (χ1) is 9.69. The fraction of sp³-hybridized carbons (Fsp3) is 0.467. The van der Waals surface area contributed by atoms with Gasteiger partial charge in [-0.25, -0.2) is 9.78 Å². The number of aromatic nitrogens is 2. The predicted octanol–water partition coefficient (Wildman–Crippen LogP) is 2.48. The lowest BCUT2D eigenvalue weighted by atomic mass is 10.2. The second-order valence-electron chi connectivity index (χ2n) is 5.14. The van der Waals surface area contributed by atoms with Crippen LogP contribution in [0.3, 0.4) is 0 Å². The maximum Gasteiger partial charge on any atom is 0.335 e. The molecule has 0 saturated carbocycles. The van der Waals surface area contributed by atoms with Crippen molar-refractivity contribution in [2.24, 2.45) is 0 Å². The van der Waals surface area contributed by atoms with Gasteiger partial charge in [0.15, 0.2) is 0 Å². The van der Waals surface area contributed by atoms with Crippen molar-refractivity contribution in [2.75, 3.05) is 6.61 Å². The minimum Gasteiger partial charge on any atom is -0.478 e. The summed E-state index contributed by atoms with van der Waals surface area (Å²) in [6.45, 7) is 3.69. The Morgan fingerprint density at radius 1 is 1.55 bits per heavy atom. The number of fused-ring (bicyclic) bond motifs is 1. The number of aryl methyl sites for hydroxylation is 1. The number of nitrogens with zero attached hydrogens (tertiary/aromatic N) is 2. The number of hydrogen-bond donors (Lipinski definition) is 1. The normalized spacial score (nSPS) is 18.8. The molecule has 5 nitrogen and oxygen atoms in total. The van der Waals surface area contributed by atoms with Crippen molar-refractivity contribution < 1.29 is 14.6 Å². The summed E-state index contributed by atoms with van der Waals surface area (Å²) in [7, 11) is 0. The Balaban J connectivity index is 2.02. The molecule has 5 heteroatoms. The molecular weight excluding hydrogens is 256 g/mol. The molecule has 2 heterocycles. The lowest BCUT2D eigenvalue weighted by Crippen LogP contribution is -2.16. The second kappa shape index (κ2) is 5.25. The van der Waals surface area contributed by atoms with Crippen LogP contribution in [-0.2, 0) is 17.7 Å². The van der Waals surface area contributed by atoms with Gasteiger partial charge in [0.05, 0.1) is 29.2 Å². The molecular formula is C15H18N2O3. The molecule has 2 aromatic rings. The van der Waals surface area contributed by atoms with E-state index in [1.807, 2.05) is 6.07 Å². The zero-order valence-electron chi connectivity index (χ0n) is 11.5. The van der Waals surface area contributed by atoms with Gasteiger partial charge in [-0.3, -0.25) is 0 Å². The van der Waals surface area contributed by atoms with Gasteiger partial charge in [0.25, 0.3) is 0 Å². The summed E-state index contributed by atoms with van der Waals surface area (Å²) in [6.07, 6.45) is 3.26. The summed E-state index contributed by atoms with van der Waals surface area (Å²) in [5.41, 5.74) is 2.02. The van der Waals surface area contributed by atoms with Crippen LogP contribution in [0.5, 0.6) is 0 Å². The fourth-order valence-electron chi connectivity index (χ4n) is 2.78. The van der Waals surface area contributed by atoms with Crippen molar-refractivity contribution in [1.82, 2.24) is 9.55 Å². The van der Waals surface area contributed by atoms with Crippen molar-refractivity contribution in [2.45, 2.75) is 38.8 Å². The smallest absolute Gasteiger partial charge is 0.335 e. The maximum absolute atomic E-state index is 11.0. The first-order valence-electron chi connectivity index (χ1n) is 7.03. The lowest BCUT2D eigenvalue weighted by molar-refractivity contribution is 0.0697. The van der Waals surface area contributed by atoms with Gasteiger partial charge in [0.1, 0.15) is 5.82 Å². The van der Waals surface area contributed by atoms with Crippen LogP contribution in [0.2, 0.25) is 0 Å². The van der Waals surface area contributed by atoms with E-state index in [9.17, 15) is 4.79 Å². The summed E-state index contributed by atoms with van der Waals surface area (Å²) in [6, 6.07) is 5.13. The van der Waals surface area contributed by atoms with Crippen LogP contribution in [0.25, 0.3) is 11.0 Å². The molecule has 106 valence electrons. The zero-order chi connectivity index (χ0) is 14.1. The number of carboxylic acid groups (broad SMARTS) is 1. The van der Waals surface area contributed by atoms with E-state index in [2.05, 4.69) is 16.5 Å². The molecule has 0 bridgehead atoms. The number of ether oxygens (including phenoxy) is 1. The highest BCUT2D eigenvalue weighted by Gasteiger charge is 2.19. The average Bonchev–Trinajstić information content (AvgIpc) is 3.06. The van der Waals surface area contributed by atoms with Gasteiger partial charge in [-0.05, 0) is 31.0 Å². The SMILES string of the molecule is CCc1nc2cc(C(=O)O)ccc2n1CC1CCCO1. The van der Waals surface area contributed by atoms with Gasteiger partial charge < -0.3 is 14.4 Å². The molecule has 1 atom stereocenters. The number of aromatic carboxylic acids is 1. The monoisotopic (exact) mass is 274 g/mol.